The van der Waals surface area contributed by atoms with Gasteiger partial charge in [0.05, 0.1) is 0 Å². The molecule has 1 aromatic heterocycles. The molecule has 1 rings (SSSR count). The number of amides is 1. The van der Waals surface area contributed by atoms with Crippen molar-refractivity contribution in [3.05, 3.63) is 22.3 Å². The number of ether oxygens (including phenoxy) is 1. The van der Waals surface area contributed by atoms with Gasteiger partial charge in [-0.15, -0.1) is 0 Å². The molecule has 0 fully saturated rings. The van der Waals surface area contributed by atoms with Crippen molar-refractivity contribution in [2.24, 2.45) is 0 Å². The minimum absolute atomic E-state index is 0.0921. The SMILES string of the molecule is CC(C)(C)OC(=O)NCCCNc1ncc(Br)cc1C(=O)O. The van der Waals surface area contributed by atoms with Gasteiger partial charge in [-0.2, -0.15) is 0 Å². The summed E-state index contributed by atoms with van der Waals surface area (Å²) in [6.45, 7) is 6.27. The number of aromatic nitrogens is 1. The molecule has 1 amide bonds. The van der Waals surface area contributed by atoms with Gasteiger partial charge in [-0.3, -0.25) is 0 Å². The molecule has 0 unspecified atom stereocenters. The Bertz CT molecular complexity index is 543. The summed E-state index contributed by atoms with van der Waals surface area (Å²) >= 11 is 3.18. The minimum Gasteiger partial charge on any atom is -0.478 e. The lowest BCUT2D eigenvalue weighted by molar-refractivity contribution is 0.0527. The fraction of sp³-hybridized carbons (Fsp3) is 0.500. The van der Waals surface area contributed by atoms with Gasteiger partial charge in [-0.1, -0.05) is 0 Å². The Hall–Kier alpha value is -1.83. The molecule has 3 N–H and O–H groups in total. The number of aromatic carboxylic acids is 1. The third-order valence-electron chi connectivity index (χ3n) is 2.40. The van der Waals surface area contributed by atoms with Gasteiger partial charge in [0.2, 0.25) is 0 Å². The van der Waals surface area contributed by atoms with Gasteiger partial charge in [-0.05, 0) is 49.2 Å². The highest BCUT2D eigenvalue weighted by Gasteiger charge is 2.15. The predicted octanol–water partition coefficient (Wildman–Crippen LogP) is 2.87. The Labute approximate surface area is 137 Å². The number of nitrogens with zero attached hydrogens (tertiary/aromatic N) is 1. The van der Waals surface area contributed by atoms with Crippen LogP contribution in [0.15, 0.2) is 16.7 Å². The van der Waals surface area contributed by atoms with E-state index in [9.17, 15) is 9.59 Å². The van der Waals surface area contributed by atoms with Crippen molar-refractivity contribution in [3.8, 4) is 0 Å². The van der Waals surface area contributed by atoms with Crippen LogP contribution in [0.3, 0.4) is 0 Å². The number of carbonyl (C=O) groups excluding carboxylic acids is 1. The molecule has 22 heavy (non-hydrogen) atoms. The second kappa shape index (κ2) is 7.98. The van der Waals surface area contributed by atoms with E-state index in [1.165, 1.54) is 12.3 Å². The highest BCUT2D eigenvalue weighted by atomic mass is 79.9. The number of carboxylic acids is 1. The number of carbonyl (C=O) groups is 2. The van der Waals surface area contributed by atoms with Gasteiger partial charge in [-0.25, -0.2) is 14.6 Å². The van der Waals surface area contributed by atoms with Crippen LogP contribution in [0.25, 0.3) is 0 Å². The summed E-state index contributed by atoms with van der Waals surface area (Å²) in [6.07, 6.45) is 1.66. The van der Waals surface area contributed by atoms with Crippen molar-refractivity contribution in [2.75, 3.05) is 18.4 Å². The van der Waals surface area contributed by atoms with Gasteiger partial charge < -0.3 is 20.5 Å². The molecular formula is C14H20BrN3O4. The van der Waals surface area contributed by atoms with Crippen LogP contribution in [0.5, 0.6) is 0 Å². The lowest BCUT2D eigenvalue weighted by Crippen LogP contribution is -2.33. The van der Waals surface area contributed by atoms with Crippen LogP contribution in [0.1, 0.15) is 37.6 Å². The summed E-state index contributed by atoms with van der Waals surface area (Å²) < 4.78 is 5.70. The van der Waals surface area contributed by atoms with Crippen LogP contribution in [-0.2, 0) is 4.74 Å². The third-order valence-corrected chi connectivity index (χ3v) is 2.83. The summed E-state index contributed by atoms with van der Waals surface area (Å²) in [7, 11) is 0. The first kappa shape index (κ1) is 18.2. The largest absolute Gasteiger partial charge is 0.478 e. The second-order valence-corrected chi connectivity index (χ2v) is 6.48. The van der Waals surface area contributed by atoms with E-state index in [1.54, 1.807) is 20.8 Å². The standard InChI is InChI=1S/C14H20BrN3O4/c1-14(2,3)22-13(21)17-6-4-5-16-11-10(12(19)20)7-9(15)8-18-11/h7-8H,4-6H2,1-3H3,(H,16,18)(H,17,21)(H,19,20). The van der Waals surface area contributed by atoms with E-state index in [0.717, 1.165) is 0 Å². The van der Waals surface area contributed by atoms with Gasteiger partial charge in [0, 0.05) is 23.8 Å². The van der Waals surface area contributed by atoms with Crippen molar-refractivity contribution in [2.45, 2.75) is 32.8 Å². The van der Waals surface area contributed by atoms with E-state index < -0.39 is 17.7 Å². The van der Waals surface area contributed by atoms with E-state index >= 15 is 0 Å². The lowest BCUT2D eigenvalue weighted by atomic mass is 10.2. The Morgan fingerprint density at radius 1 is 1.36 bits per heavy atom. The monoisotopic (exact) mass is 373 g/mol. The van der Waals surface area contributed by atoms with Crippen molar-refractivity contribution in [1.82, 2.24) is 10.3 Å². The number of hydrogen-bond donors (Lipinski definition) is 3. The number of hydrogen-bond acceptors (Lipinski definition) is 5. The molecule has 8 heteroatoms. The molecule has 122 valence electrons. The number of alkyl carbamates (subject to hydrolysis) is 1. The Balaban J connectivity index is 2.37. The Morgan fingerprint density at radius 2 is 2.05 bits per heavy atom. The number of halogens is 1. The van der Waals surface area contributed by atoms with Crippen molar-refractivity contribution < 1.29 is 19.4 Å². The Kier molecular flexibility index (Phi) is 6.61. The van der Waals surface area contributed by atoms with Crippen LogP contribution in [0.2, 0.25) is 0 Å². The normalized spacial score (nSPS) is 10.9. The summed E-state index contributed by atoms with van der Waals surface area (Å²) in [5.41, 5.74) is -0.436. The maximum absolute atomic E-state index is 11.4. The van der Waals surface area contributed by atoms with Crippen molar-refractivity contribution in [1.29, 1.82) is 0 Å². The van der Waals surface area contributed by atoms with Gasteiger partial charge in [0.15, 0.2) is 0 Å². The molecule has 0 atom stereocenters. The number of pyridine rings is 1. The second-order valence-electron chi connectivity index (χ2n) is 5.56. The van der Waals surface area contributed by atoms with E-state index in [2.05, 4.69) is 31.5 Å². The molecule has 1 aromatic rings. The van der Waals surface area contributed by atoms with Crippen LogP contribution in [-0.4, -0.2) is 40.8 Å². The number of nitrogens with one attached hydrogen (secondary N) is 2. The van der Waals surface area contributed by atoms with Gasteiger partial charge >= 0.3 is 12.1 Å². The molecule has 0 aliphatic heterocycles. The highest BCUT2D eigenvalue weighted by Crippen LogP contribution is 2.17. The van der Waals surface area contributed by atoms with E-state index in [-0.39, 0.29) is 5.56 Å². The lowest BCUT2D eigenvalue weighted by Gasteiger charge is -2.19. The molecule has 0 radical (unpaired) electrons. The zero-order valence-corrected chi connectivity index (χ0v) is 14.4. The van der Waals surface area contributed by atoms with Gasteiger partial charge in [0.25, 0.3) is 0 Å². The minimum atomic E-state index is -1.05. The van der Waals surface area contributed by atoms with Crippen LogP contribution >= 0.6 is 15.9 Å². The fourth-order valence-corrected chi connectivity index (χ4v) is 1.87. The first-order chi connectivity index (χ1) is 10.2. The Morgan fingerprint density at radius 3 is 2.64 bits per heavy atom. The smallest absolute Gasteiger partial charge is 0.407 e. The molecule has 0 aliphatic carbocycles. The average Bonchev–Trinajstić information content (AvgIpc) is 2.37. The molecule has 1 heterocycles. The highest BCUT2D eigenvalue weighted by molar-refractivity contribution is 9.10. The van der Waals surface area contributed by atoms with E-state index in [1.807, 2.05) is 0 Å². The quantitative estimate of drug-likeness (QED) is 0.662. The third kappa shape index (κ3) is 6.75. The maximum atomic E-state index is 11.4. The number of anilines is 1. The van der Waals surface area contributed by atoms with Gasteiger partial charge in [0.1, 0.15) is 17.0 Å². The van der Waals surface area contributed by atoms with E-state index in [0.29, 0.717) is 29.8 Å². The molecule has 7 nitrogen and oxygen atoms in total. The molecule has 0 saturated heterocycles. The van der Waals surface area contributed by atoms with Crippen LogP contribution in [0.4, 0.5) is 10.6 Å². The first-order valence-electron chi connectivity index (χ1n) is 6.78. The topological polar surface area (TPSA) is 101 Å². The maximum Gasteiger partial charge on any atom is 0.407 e. The molecule has 0 aromatic carbocycles. The molecular weight excluding hydrogens is 354 g/mol. The molecule has 0 bridgehead atoms. The number of rotatable bonds is 6. The van der Waals surface area contributed by atoms with Crippen LogP contribution < -0.4 is 10.6 Å². The fourth-order valence-electron chi connectivity index (χ4n) is 1.54. The summed E-state index contributed by atoms with van der Waals surface area (Å²) in [5.74, 6) is -0.754. The van der Waals surface area contributed by atoms with Crippen molar-refractivity contribution in [3.63, 3.8) is 0 Å². The molecule has 0 saturated carbocycles. The zero-order valence-electron chi connectivity index (χ0n) is 12.8. The summed E-state index contributed by atoms with van der Waals surface area (Å²) in [6, 6.07) is 1.48. The molecule has 0 spiro atoms. The van der Waals surface area contributed by atoms with Crippen molar-refractivity contribution >= 4 is 33.8 Å². The van der Waals surface area contributed by atoms with E-state index in [4.69, 9.17) is 9.84 Å². The van der Waals surface area contributed by atoms with Crippen LogP contribution in [0, 0.1) is 0 Å². The predicted molar refractivity (Wildman–Crippen MR) is 86.2 cm³/mol. The summed E-state index contributed by atoms with van der Waals surface area (Å²) in [5, 5.41) is 14.7. The molecule has 0 aliphatic rings. The first-order valence-corrected chi connectivity index (χ1v) is 7.58. The average molecular weight is 374 g/mol. The summed E-state index contributed by atoms with van der Waals surface area (Å²) in [4.78, 5) is 26.6. The number of carboxylic acid groups (broad SMARTS) is 1. The zero-order chi connectivity index (χ0) is 16.8.